The molecule has 0 radical (unpaired) electrons. The highest BCUT2D eigenvalue weighted by atomic mass is 35.5. The molecule has 0 aromatic heterocycles. The number of hydrogen-bond acceptors (Lipinski definition) is 2. The van der Waals surface area contributed by atoms with Gasteiger partial charge >= 0.3 is 5.97 Å². The fraction of sp³-hybridized carbons (Fsp3) is 0.417. The maximum absolute atomic E-state index is 10.8. The summed E-state index contributed by atoms with van der Waals surface area (Å²) in [6, 6.07) is 9.50. The van der Waals surface area contributed by atoms with Crippen LogP contribution in [0.2, 0.25) is 0 Å². The number of likely N-dealkylation sites (N-methyl/N-ethyl adjacent to an activating group) is 1. The van der Waals surface area contributed by atoms with Gasteiger partial charge in [-0.2, -0.15) is 0 Å². The molecule has 16 heavy (non-hydrogen) atoms. The summed E-state index contributed by atoms with van der Waals surface area (Å²) >= 11 is 0. The molecular weight excluding hydrogens is 226 g/mol. The predicted molar refractivity (Wildman–Crippen MR) is 67.1 cm³/mol. The van der Waals surface area contributed by atoms with Crippen molar-refractivity contribution in [2.24, 2.45) is 0 Å². The number of carboxylic acid groups (broad SMARTS) is 1. The third-order valence-corrected chi connectivity index (χ3v) is 2.31. The van der Waals surface area contributed by atoms with E-state index in [4.69, 9.17) is 5.11 Å². The summed E-state index contributed by atoms with van der Waals surface area (Å²) in [5.74, 6) is -0.771. The Morgan fingerprint density at radius 3 is 2.50 bits per heavy atom. The minimum Gasteiger partial charge on any atom is -0.480 e. The highest BCUT2D eigenvalue weighted by Gasteiger charge is 2.14. The SMILES string of the molecule is CCNC(CCc1ccccc1)C(=O)O.Cl. The molecule has 3 nitrogen and oxygen atoms in total. The first-order valence-electron chi connectivity index (χ1n) is 5.24. The molecule has 4 heteroatoms. The summed E-state index contributed by atoms with van der Waals surface area (Å²) < 4.78 is 0. The van der Waals surface area contributed by atoms with E-state index in [-0.39, 0.29) is 12.4 Å². The lowest BCUT2D eigenvalue weighted by Crippen LogP contribution is -2.36. The van der Waals surface area contributed by atoms with E-state index in [1.54, 1.807) is 0 Å². The van der Waals surface area contributed by atoms with Crippen molar-refractivity contribution in [2.45, 2.75) is 25.8 Å². The monoisotopic (exact) mass is 243 g/mol. The summed E-state index contributed by atoms with van der Waals surface area (Å²) in [7, 11) is 0. The molecule has 0 saturated carbocycles. The highest BCUT2D eigenvalue weighted by molar-refractivity contribution is 5.85. The van der Waals surface area contributed by atoms with Gasteiger partial charge in [0.05, 0.1) is 0 Å². The topological polar surface area (TPSA) is 49.3 Å². The molecule has 1 unspecified atom stereocenters. The van der Waals surface area contributed by atoms with Crippen LogP contribution in [0.15, 0.2) is 30.3 Å². The molecule has 0 amide bonds. The third kappa shape index (κ3) is 5.14. The molecule has 0 bridgehead atoms. The van der Waals surface area contributed by atoms with Crippen LogP contribution in [0.4, 0.5) is 0 Å². The van der Waals surface area contributed by atoms with Gasteiger partial charge in [0.2, 0.25) is 0 Å². The maximum atomic E-state index is 10.8. The molecule has 0 fully saturated rings. The number of carboxylic acids is 1. The number of nitrogens with one attached hydrogen (secondary N) is 1. The van der Waals surface area contributed by atoms with Crippen LogP contribution in [-0.2, 0) is 11.2 Å². The van der Waals surface area contributed by atoms with Crippen molar-refractivity contribution in [3.63, 3.8) is 0 Å². The molecule has 0 heterocycles. The van der Waals surface area contributed by atoms with Gasteiger partial charge in [-0.1, -0.05) is 37.3 Å². The number of halogens is 1. The normalized spacial score (nSPS) is 11.6. The number of aryl methyl sites for hydroxylation is 1. The zero-order valence-corrected chi connectivity index (χ0v) is 10.2. The standard InChI is InChI=1S/C12H17NO2.ClH/c1-2-13-11(12(14)15)9-8-10-6-4-3-5-7-10;/h3-7,11,13H,2,8-9H2,1H3,(H,14,15);1H. The molecule has 1 aromatic carbocycles. The van der Waals surface area contributed by atoms with E-state index in [2.05, 4.69) is 5.32 Å². The second kappa shape index (κ2) is 8.13. The van der Waals surface area contributed by atoms with Gasteiger partial charge in [0.25, 0.3) is 0 Å². The molecular formula is C12H18ClNO2. The first-order chi connectivity index (χ1) is 7.24. The second-order valence-electron chi connectivity index (χ2n) is 3.47. The summed E-state index contributed by atoms with van der Waals surface area (Å²) in [5.41, 5.74) is 1.18. The Balaban J connectivity index is 0.00000225. The molecule has 0 aliphatic carbocycles. The Morgan fingerprint density at radius 2 is 2.00 bits per heavy atom. The van der Waals surface area contributed by atoms with E-state index in [1.165, 1.54) is 5.56 Å². The second-order valence-corrected chi connectivity index (χ2v) is 3.47. The van der Waals surface area contributed by atoms with Crippen LogP contribution in [0.5, 0.6) is 0 Å². The van der Waals surface area contributed by atoms with Gasteiger partial charge in [0.15, 0.2) is 0 Å². The van der Waals surface area contributed by atoms with Crippen molar-refractivity contribution in [3.8, 4) is 0 Å². The predicted octanol–water partition coefficient (Wildman–Crippen LogP) is 2.10. The van der Waals surface area contributed by atoms with Crippen molar-refractivity contribution < 1.29 is 9.90 Å². The smallest absolute Gasteiger partial charge is 0.320 e. The molecule has 90 valence electrons. The van der Waals surface area contributed by atoms with Crippen LogP contribution in [0, 0.1) is 0 Å². The zero-order chi connectivity index (χ0) is 11.1. The first-order valence-corrected chi connectivity index (χ1v) is 5.24. The largest absolute Gasteiger partial charge is 0.480 e. The molecule has 0 spiro atoms. The molecule has 1 aromatic rings. The van der Waals surface area contributed by atoms with Crippen LogP contribution < -0.4 is 5.32 Å². The van der Waals surface area contributed by atoms with Crippen molar-refractivity contribution in [2.75, 3.05) is 6.54 Å². The molecule has 1 rings (SSSR count). The Labute approximate surface area is 102 Å². The lowest BCUT2D eigenvalue weighted by molar-refractivity contribution is -0.139. The van der Waals surface area contributed by atoms with Gasteiger partial charge in [-0.15, -0.1) is 12.4 Å². The molecule has 2 N–H and O–H groups in total. The lowest BCUT2D eigenvalue weighted by atomic mass is 10.1. The summed E-state index contributed by atoms with van der Waals surface area (Å²) in [4.78, 5) is 10.8. The van der Waals surface area contributed by atoms with Crippen molar-refractivity contribution >= 4 is 18.4 Å². The minimum absolute atomic E-state index is 0. The van der Waals surface area contributed by atoms with Gasteiger partial charge in [-0.25, -0.2) is 0 Å². The van der Waals surface area contributed by atoms with Crippen LogP contribution in [0.3, 0.4) is 0 Å². The summed E-state index contributed by atoms with van der Waals surface area (Å²) in [6.07, 6.45) is 1.43. The number of rotatable bonds is 6. The summed E-state index contributed by atoms with van der Waals surface area (Å²) in [5, 5.41) is 11.9. The Bertz CT molecular complexity index is 303. The average molecular weight is 244 g/mol. The van der Waals surface area contributed by atoms with E-state index in [9.17, 15) is 4.79 Å². The van der Waals surface area contributed by atoms with Crippen LogP contribution >= 0.6 is 12.4 Å². The number of benzene rings is 1. The molecule has 0 aliphatic heterocycles. The van der Waals surface area contributed by atoms with Crippen molar-refractivity contribution in [3.05, 3.63) is 35.9 Å². The van der Waals surface area contributed by atoms with Crippen molar-refractivity contribution in [1.29, 1.82) is 0 Å². The van der Waals surface area contributed by atoms with Gasteiger partial charge in [0.1, 0.15) is 6.04 Å². The fourth-order valence-corrected chi connectivity index (χ4v) is 1.51. The summed E-state index contributed by atoms with van der Waals surface area (Å²) in [6.45, 7) is 2.60. The zero-order valence-electron chi connectivity index (χ0n) is 9.35. The Morgan fingerprint density at radius 1 is 1.38 bits per heavy atom. The van der Waals surface area contributed by atoms with Crippen LogP contribution in [0.1, 0.15) is 18.9 Å². The van der Waals surface area contributed by atoms with E-state index in [0.717, 1.165) is 6.42 Å². The third-order valence-electron chi connectivity index (χ3n) is 2.31. The number of aliphatic carboxylic acids is 1. The molecule has 1 atom stereocenters. The average Bonchev–Trinajstić information content (AvgIpc) is 2.25. The minimum atomic E-state index is -0.771. The van der Waals surface area contributed by atoms with Crippen LogP contribution in [-0.4, -0.2) is 23.7 Å². The fourth-order valence-electron chi connectivity index (χ4n) is 1.51. The highest BCUT2D eigenvalue weighted by Crippen LogP contribution is 2.05. The van der Waals surface area contributed by atoms with Gasteiger partial charge in [-0.05, 0) is 24.9 Å². The lowest BCUT2D eigenvalue weighted by Gasteiger charge is -2.12. The van der Waals surface area contributed by atoms with E-state index < -0.39 is 12.0 Å². The van der Waals surface area contributed by atoms with E-state index >= 15 is 0 Å². The van der Waals surface area contributed by atoms with Gasteiger partial charge in [0, 0.05) is 0 Å². The molecule has 0 saturated heterocycles. The molecule has 0 aliphatic rings. The Kier molecular flexibility index (Phi) is 7.60. The number of hydrogen-bond donors (Lipinski definition) is 2. The van der Waals surface area contributed by atoms with Crippen LogP contribution in [0.25, 0.3) is 0 Å². The van der Waals surface area contributed by atoms with Crippen molar-refractivity contribution in [1.82, 2.24) is 5.32 Å². The van der Waals surface area contributed by atoms with E-state index in [0.29, 0.717) is 13.0 Å². The first kappa shape index (κ1) is 14.9. The quantitative estimate of drug-likeness (QED) is 0.805. The Hall–Kier alpha value is -1.06. The maximum Gasteiger partial charge on any atom is 0.320 e. The van der Waals surface area contributed by atoms with Gasteiger partial charge < -0.3 is 10.4 Å². The van der Waals surface area contributed by atoms with Gasteiger partial charge in [-0.3, -0.25) is 4.79 Å². The van der Waals surface area contributed by atoms with E-state index in [1.807, 2.05) is 37.3 Å². The number of carbonyl (C=O) groups is 1.